The molecule has 30 heavy (non-hydrogen) atoms. The van der Waals surface area contributed by atoms with Gasteiger partial charge in [-0.3, -0.25) is 19.1 Å². The van der Waals surface area contributed by atoms with Gasteiger partial charge in [-0.25, -0.2) is 0 Å². The van der Waals surface area contributed by atoms with Crippen molar-refractivity contribution in [1.82, 2.24) is 25.0 Å². The van der Waals surface area contributed by atoms with Gasteiger partial charge in [0, 0.05) is 34.9 Å². The Morgan fingerprint density at radius 1 is 1.13 bits per heavy atom. The van der Waals surface area contributed by atoms with Gasteiger partial charge in [-0.15, -0.1) is 0 Å². The van der Waals surface area contributed by atoms with Crippen LogP contribution >= 0.6 is 0 Å². The number of nitrogens with zero attached hydrogens (tertiary/aromatic N) is 4. The van der Waals surface area contributed by atoms with Crippen LogP contribution in [0.3, 0.4) is 0 Å². The van der Waals surface area contributed by atoms with E-state index in [9.17, 15) is 9.59 Å². The summed E-state index contributed by atoms with van der Waals surface area (Å²) in [4.78, 5) is 33.7. The van der Waals surface area contributed by atoms with Crippen LogP contribution in [0.2, 0.25) is 0 Å². The average molecular weight is 403 g/mol. The molecule has 1 amide bonds. The molecule has 0 bridgehead atoms. The van der Waals surface area contributed by atoms with Gasteiger partial charge >= 0.3 is 0 Å². The summed E-state index contributed by atoms with van der Waals surface area (Å²) in [6.45, 7) is 5.60. The average Bonchev–Trinajstić information content (AvgIpc) is 3.19. The van der Waals surface area contributed by atoms with Crippen LogP contribution in [0.1, 0.15) is 20.8 Å². The summed E-state index contributed by atoms with van der Waals surface area (Å²) in [5.74, 6) is 0.409. The van der Waals surface area contributed by atoms with Crippen molar-refractivity contribution in [3.05, 3.63) is 65.2 Å². The minimum absolute atomic E-state index is 0.0804. The molecule has 4 rings (SSSR count). The van der Waals surface area contributed by atoms with E-state index in [-0.39, 0.29) is 29.4 Å². The summed E-state index contributed by atoms with van der Waals surface area (Å²) in [6.07, 6.45) is 3.29. The summed E-state index contributed by atoms with van der Waals surface area (Å²) in [6, 6.07) is 12.3. The molecular formula is C22H21N5O3. The zero-order valence-electron chi connectivity index (χ0n) is 16.9. The number of fused-ring (bicyclic) bond motifs is 1. The zero-order valence-corrected chi connectivity index (χ0v) is 16.9. The SMILES string of the molecule is CC(C)(C)NC(=O)Cn1c(=O)cc(-c2nc(-c3ccncc3)no2)c2ccccc21. The lowest BCUT2D eigenvalue weighted by Crippen LogP contribution is -2.43. The second-order valence-corrected chi connectivity index (χ2v) is 7.96. The molecule has 0 unspecified atom stereocenters. The molecule has 0 aliphatic rings. The van der Waals surface area contributed by atoms with Crippen LogP contribution in [-0.4, -0.2) is 31.1 Å². The largest absolute Gasteiger partial charge is 0.350 e. The monoisotopic (exact) mass is 403 g/mol. The van der Waals surface area contributed by atoms with E-state index in [4.69, 9.17) is 4.52 Å². The van der Waals surface area contributed by atoms with E-state index in [0.717, 1.165) is 10.9 Å². The Balaban J connectivity index is 1.78. The fourth-order valence-electron chi connectivity index (χ4n) is 3.23. The minimum Gasteiger partial charge on any atom is -0.350 e. The molecule has 152 valence electrons. The summed E-state index contributed by atoms with van der Waals surface area (Å²) in [5.41, 5.74) is 1.19. The molecule has 0 saturated carbocycles. The van der Waals surface area contributed by atoms with Crippen molar-refractivity contribution in [2.24, 2.45) is 0 Å². The number of rotatable bonds is 4. The third-order valence-corrected chi connectivity index (χ3v) is 4.43. The third kappa shape index (κ3) is 3.98. The fourth-order valence-corrected chi connectivity index (χ4v) is 3.23. The van der Waals surface area contributed by atoms with E-state index in [1.54, 1.807) is 30.6 Å². The fraction of sp³-hybridized carbons (Fsp3) is 0.227. The van der Waals surface area contributed by atoms with Crippen LogP contribution in [0.5, 0.6) is 0 Å². The molecule has 0 spiro atoms. The molecule has 8 heteroatoms. The number of hydrogen-bond acceptors (Lipinski definition) is 6. The van der Waals surface area contributed by atoms with Crippen LogP contribution in [0.25, 0.3) is 33.7 Å². The van der Waals surface area contributed by atoms with Crippen molar-refractivity contribution < 1.29 is 9.32 Å². The first-order valence-corrected chi connectivity index (χ1v) is 9.50. The smallest absolute Gasteiger partial charge is 0.259 e. The van der Waals surface area contributed by atoms with Crippen LogP contribution in [0.15, 0.2) is 64.2 Å². The Morgan fingerprint density at radius 2 is 1.87 bits per heavy atom. The Labute approximate surface area is 172 Å². The highest BCUT2D eigenvalue weighted by molar-refractivity contribution is 5.93. The van der Waals surface area contributed by atoms with Gasteiger partial charge in [0.25, 0.3) is 11.4 Å². The number of amides is 1. The number of carbonyl (C=O) groups is 1. The Morgan fingerprint density at radius 3 is 2.60 bits per heavy atom. The number of pyridine rings is 2. The number of aromatic nitrogens is 4. The molecule has 0 aliphatic carbocycles. The number of para-hydroxylation sites is 1. The minimum atomic E-state index is -0.385. The van der Waals surface area contributed by atoms with Gasteiger partial charge in [0.2, 0.25) is 11.7 Å². The van der Waals surface area contributed by atoms with Crippen molar-refractivity contribution >= 4 is 16.8 Å². The predicted molar refractivity (Wildman–Crippen MR) is 113 cm³/mol. The maximum Gasteiger partial charge on any atom is 0.259 e. The number of carbonyl (C=O) groups excluding carboxylic acids is 1. The molecule has 0 fully saturated rings. The van der Waals surface area contributed by atoms with Gasteiger partial charge < -0.3 is 9.84 Å². The van der Waals surface area contributed by atoms with Gasteiger partial charge in [0.05, 0.1) is 11.1 Å². The normalized spacial score (nSPS) is 11.6. The van der Waals surface area contributed by atoms with E-state index in [1.807, 2.05) is 39.0 Å². The van der Waals surface area contributed by atoms with Crippen LogP contribution in [-0.2, 0) is 11.3 Å². The summed E-state index contributed by atoms with van der Waals surface area (Å²) < 4.78 is 6.89. The van der Waals surface area contributed by atoms with Gasteiger partial charge in [0.15, 0.2) is 0 Å². The molecule has 1 aromatic carbocycles. The maximum atomic E-state index is 12.9. The Hall–Kier alpha value is -3.81. The maximum absolute atomic E-state index is 12.9. The first-order valence-electron chi connectivity index (χ1n) is 9.50. The van der Waals surface area contributed by atoms with E-state index in [1.165, 1.54) is 10.6 Å². The standard InChI is InChI=1S/C22H21N5O3/c1-22(2,3)25-18(28)13-27-17-7-5-4-6-15(17)16(12-19(27)29)21-24-20(26-30-21)14-8-10-23-11-9-14/h4-12H,13H2,1-3H3,(H,25,28). The van der Waals surface area contributed by atoms with Crippen molar-refractivity contribution in [1.29, 1.82) is 0 Å². The number of hydrogen-bond donors (Lipinski definition) is 1. The molecule has 4 aromatic rings. The van der Waals surface area contributed by atoms with E-state index >= 15 is 0 Å². The van der Waals surface area contributed by atoms with Crippen molar-refractivity contribution in [2.75, 3.05) is 0 Å². The first-order chi connectivity index (χ1) is 14.3. The highest BCUT2D eigenvalue weighted by atomic mass is 16.5. The van der Waals surface area contributed by atoms with Gasteiger partial charge in [0.1, 0.15) is 6.54 Å². The predicted octanol–water partition coefficient (Wildman–Crippen LogP) is 3.03. The summed E-state index contributed by atoms with van der Waals surface area (Å²) >= 11 is 0. The molecule has 0 radical (unpaired) electrons. The quantitative estimate of drug-likeness (QED) is 0.562. The van der Waals surface area contributed by atoms with Crippen molar-refractivity contribution in [3.8, 4) is 22.8 Å². The second-order valence-electron chi connectivity index (χ2n) is 7.96. The molecule has 0 atom stereocenters. The van der Waals surface area contributed by atoms with Gasteiger partial charge in [-0.2, -0.15) is 4.98 Å². The van der Waals surface area contributed by atoms with Crippen LogP contribution in [0, 0.1) is 0 Å². The highest BCUT2D eigenvalue weighted by Gasteiger charge is 2.19. The molecule has 1 N–H and O–H groups in total. The van der Waals surface area contributed by atoms with E-state index < -0.39 is 0 Å². The molecule has 0 saturated heterocycles. The van der Waals surface area contributed by atoms with E-state index in [2.05, 4.69) is 20.4 Å². The molecule has 0 aliphatic heterocycles. The molecule has 3 aromatic heterocycles. The molecular weight excluding hydrogens is 382 g/mol. The van der Waals surface area contributed by atoms with Crippen molar-refractivity contribution in [2.45, 2.75) is 32.9 Å². The third-order valence-electron chi connectivity index (χ3n) is 4.43. The lowest BCUT2D eigenvalue weighted by Gasteiger charge is -2.21. The topological polar surface area (TPSA) is 103 Å². The number of nitrogens with one attached hydrogen (secondary N) is 1. The lowest BCUT2D eigenvalue weighted by atomic mass is 10.1. The molecule has 8 nitrogen and oxygen atoms in total. The van der Waals surface area contributed by atoms with Crippen molar-refractivity contribution in [3.63, 3.8) is 0 Å². The highest BCUT2D eigenvalue weighted by Crippen LogP contribution is 2.27. The Kier molecular flexibility index (Phi) is 4.91. The van der Waals surface area contributed by atoms with Gasteiger partial charge in [-0.1, -0.05) is 23.4 Å². The van der Waals surface area contributed by atoms with Crippen LogP contribution < -0.4 is 10.9 Å². The summed E-state index contributed by atoms with van der Waals surface area (Å²) in [7, 11) is 0. The second kappa shape index (κ2) is 7.55. The first kappa shape index (κ1) is 19.5. The van der Waals surface area contributed by atoms with Gasteiger partial charge in [-0.05, 0) is 39.0 Å². The lowest BCUT2D eigenvalue weighted by molar-refractivity contribution is -0.123. The zero-order chi connectivity index (χ0) is 21.3. The number of benzene rings is 1. The Bertz CT molecular complexity index is 1270. The summed E-state index contributed by atoms with van der Waals surface area (Å²) in [5, 5.41) is 7.65. The van der Waals surface area contributed by atoms with E-state index in [0.29, 0.717) is 16.9 Å². The van der Waals surface area contributed by atoms with Crippen LogP contribution in [0.4, 0.5) is 0 Å². The molecule has 3 heterocycles.